The third kappa shape index (κ3) is 3.66. The van der Waals surface area contributed by atoms with E-state index >= 15 is 0 Å². The van der Waals surface area contributed by atoms with Gasteiger partial charge in [0.1, 0.15) is 5.52 Å². The molecule has 2 aromatic carbocycles. The van der Waals surface area contributed by atoms with Gasteiger partial charge < -0.3 is 14.2 Å². The zero-order valence-electron chi connectivity index (χ0n) is 14.8. The van der Waals surface area contributed by atoms with Crippen molar-refractivity contribution in [2.24, 2.45) is 0 Å². The average Bonchev–Trinajstić information content (AvgIpc) is 3.27. The number of aromatic nitrogens is 1. The van der Waals surface area contributed by atoms with Gasteiger partial charge in [0.05, 0.1) is 0 Å². The van der Waals surface area contributed by atoms with E-state index in [1.54, 1.807) is 24.3 Å². The highest BCUT2D eigenvalue weighted by molar-refractivity contribution is 9.10. The van der Waals surface area contributed by atoms with Crippen molar-refractivity contribution in [2.45, 2.75) is 19.8 Å². The fourth-order valence-electron chi connectivity index (χ4n) is 2.75. The zero-order valence-corrected chi connectivity index (χ0v) is 16.4. The molecule has 0 radical (unpaired) electrons. The Bertz CT molecular complexity index is 1110. The van der Waals surface area contributed by atoms with E-state index in [1.165, 1.54) is 5.56 Å². The van der Waals surface area contributed by atoms with E-state index in [0.29, 0.717) is 22.2 Å². The molecule has 0 saturated carbocycles. The molecule has 0 saturated heterocycles. The van der Waals surface area contributed by atoms with Crippen molar-refractivity contribution in [1.82, 2.24) is 4.98 Å². The molecule has 1 N–H and O–H groups in total. The molecule has 2 aromatic heterocycles. The number of hydrogen-bond acceptors (Lipinski definition) is 4. The van der Waals surface area contributed by atoms with Gasteiger partial charge in [0.2, 0.25) is 5.89 Å². The highest BCUT2D eigenvalue weighted by Gasteiger charge is 2.12. The zero-order chi connectivity index (χ0) is 19.0. The maximum Gasteiger partial charge on any atom is 0.291 e. The van der Waals surface area contributed by atoms with Crippen molar-refractivity contribution in [2.75, 3.05) is 5.32 Å². The molecule has 0 fully saturated rings. The molecular formula is C21H17BrN2O3. The Morgan fingerprint density at radius 1 is 1.04 bits per heavy atom. The highest BCUT2D eigenvalue weighted by atomic mass is 79.9. The molecule has 0 aliphatic carbocycles. The lowest BCUT2D eigenvalue weighted by Crippen LogP contribution is -2.10. The molecule has 4 rings (SSSR count). The Morgan fingerprint density at radius 3 is 2.48 bits per heavy atom. The summed E-state index contributed by atoms with van der Waals surface area (Å²) in [7, 11) is 0. The van der Waals surface area contributed by atoms with Gasteiger partial charge >= 0.3 is 0 Å². The second kappa shape index (κ2) is 7.04. The molecule has 4 aromatic rings. The van der Waals surface area contributed by atoms with Gasteiger partial charge in [-0.05, 0) is 75.9 Å². The van der Waals surface area contributed by atoms with Gasteiger partial charge in [0.25, 0.3) is 5.91 Å². The topological polar surface area (TPSA) is 68.3 Å². The van der Waals surface area contributed by atoms with Gasteiger partial charge in [0, 0.05) is 11.3 Å². The SMILES string of the molecule is CC(C)c1ccc2oc(-c3ccc(NC(=O)c4ccc(Br)o4)cc3)nc2c1. The minimum absolute atomic E-state index is 0.242. The lowest BCUT2D eigenvalue weighted by molar-refractivity contribution is 0.0995. The molecule has 0 aliphatic rings. The Balaban J connectivity index is 1.55. The van der Waals surface area contributed by atoms with Crippen molar-refractivity contribution < 1.29 is 13.6 Å². The van der Waals surface area contributed by atoms with Gasteiger partial charge in [-0.3, -0.25) is 4.79 Å². The molecular weight excluding hydrogens is 408 g/mol. The normalized spacial score (nSPS) is 11.3. The first kappa shape index (κ1) is 17.5. The smallest absolute Gasteiger partial charge is 0.291 e. The largest absolute Gasteiger partial charge is 0.444 e. The van der Waals surface area contributed by atoms with E-state index in [0.717, 1.165) is 16.7 Å². The third-order valence-electron chi connectivity index (χ3n) is 4.27. The lowest BCUT2D eigenvalue weighted by atomic mass is 10.0. The van der Waals surface area contributed by atoms with Gasteiger partial charge in [-0.25, -0.2) is 4.98 Å². The number of amides is 1. The number of rotatable bonds is 4. The number of hydrogen-bond donors (Lipinski definition) is 1. The number of furan rings is 1. The monoisotopic (exact) mass is 424 g/mol. The Morgan fingerprint density at radius 2 is 1.81 bits per heavy atom. The average molecular weight is 425 g/mol. The first-order valence-corrected chi connectivity index (χ1v) is 9.36. The Labute approximate surface area is 164 Å². The molecule has 0 unspecified atom stereocenters. The maximum absolute atomic E-state index is 12.1. The summed E-state index contributed by atoms with van der Waals surface area (Å²) < 4.78 is 11.6. The standard InChI is InChI=1S/C21H17BrN2O3/c1-12(2)14-5-8-17-16(11-14)24-21(27-17)13-3-6-15(7-4-13)23-20(25)18-9-10-19(22)26-18/h3-12H,1-2H3,(H,23,25). The molecule has 0 spiro atoms. The number of fused-ring (bicyclic) bond motifs is 1. The van der Waals surface area contributed by atoms with Crippen LogP contribution in [0.4, 0.5) is 5.69 Å². The van der Waals surface area contributed by atoms with Crippen molar-refractivity contribution in [3.05, 3.63) is 70.6 Å². The number of anilines is 1. The van der Waals surface area contributed by atoms with Crippen LogP contribution in [0.15, 0.2) is 68.1 Å². The summed E-state index contributed by atoms with van der Waals surface area (Å²) >= 11 is 3.18. The van der Waals surface area contributed by atoms with Gasteiger partial charge in [-0.1, -0.05) is 19.9 Å². The van der Waals surface area contributed by atoms with Crippen molar-refractivity contribution in [3.8, 4) is 11.5 Å². The van der Waals surface area contributed by atoms with Crippen LogP contribution in [-0.2, 0) is 0 Å². The van der Waals surface area contributed by atoms with E-state index in [9.17, 15) is 4.79 Å². The first-order valence-electron chi connectivity index (χ1n) is 8.57. The molecule has 2 heterocycles. The van der Waals surface area contributed by atoms with E-state index in [1.807, 2.05) is 18.2 Å². The minimum atomic E-state index is -0.309. The van der Waals surface area contributed by atoms with Crippen molar-refractivity contribution in [3.63, 3.8) is 0 Å². The minimum Gasteiger partial charge on any atom is -0.444 e. The van der Waals surface area contributed by atoms with Crippen LogP contribution in [0.3, 0.4) is 0 Å². The number of benzene rings is 2. The van der Waals surface area contributed by atoms with Crippen LogP contribution >= 0.6 is 15.9 Å². The Kier molecular flexibility index (Phi) is 4.58. The summed E-state index contributed by atoms with van der Waals surface area (Å²) in [5, 5.41) is 2.79. The van der Waals surface area contributed by atoms with Crippen molar-refractivity contribution >= 4 is 38.6 Å². The second-order valence-corrected chi connectivity index (χ2v) is 7.32. The van der Waals surface area contributed by atoms with Crippen LogP contribution in [0.1, 0.15) is 35.9 Å². The number of carbonyl (C=O) groups excluding carboxylic acids is 1. The van der Waals surface area contributed by atoms with E-state index in [4.69, 9.17) is 8.83 Å². The van der Waals surface area contributed by atoms with Crippen molar-refractivity contribution in [1.29, 1.82) is 0 Å². The predicted octanol–water partition coefficient (Wildman–Crippen LogP) is 6.23. The highest BCUT2D eigenvalue weighted by Crippen LogP contribution is 2.28. The molecule has 0 bridgehead atoms. The number of carbonyl (C=O) groups is 1. The fourth-order valence-corrected chi connectivity index (χ4v) is 3.06. The van der Waals surface area contributed by atoms with Gasteiger partial charge in [0.15, 0.2) is 16.0 Å². The van der Waals surface area contributed by atoms with Crippen LogP contribution in [0.5, 0.6) is 0 Å². The maximum atomic E-state index is 12.1. The summed E-state index contributed by atoms with van der Waals surface area (Å²) in [5.74, 6) is 0.924. The van der Waals surface area contributed by atoms with Gasteiger partial charge in [-0.2, -0.15) is 0 Å². The molecule has 1 amide bonds. The van der Waals surface area contributed by atoms with Crippen LogP contribution in [0, 0.1) is 0 Å². The summed E-state index contributed by atoms with van der Waals surface area (Å²) in [6.07, 6.45) is 0. The second-order valence-electron chi connectivity index (χ2n) is 6.54. The summed E-state index contributed by atoms with van der Waals surface area (Å²) in [6.45, 7) is 4.30. The number of nitrogens with zero attached hydrogens (tertiary/aromatic N) is 1. The molecule has 6 heteroatoms. The molecule has 136 valence electrons. The molecule has 0 aliphatic heterocycles. The predicted molar refractivity (Wildman–Crippen MR) is 108 cm³/mol. The van der Waals surface area contributed by atoms with Crippen LogP contribution in [-0.4, -0.2) is 10.9 Å². The number of nitrogens with one attached hydrogen (secondary N) is 1. The van der Waals surface area contributed by atoms with Gasteiger partial charge in [-0.15, -0.1) is 0 Å². The van der Waals surface area contributed by atoms with E-state index in [-0.39, 0.29) is 11.7 Å². The van der Waals surface area contributed by atoms with Crippen LogP contribution < -0.4 is 5.32 Å². The summed E-state index contributed by atoms with van der Waals surface area (Å²) in [5.41, 5.74) is 4.34. The first-order chi connectivity index (χ1) is 13.0. The summed E-state index contributed by atoms with van der Waals surface area (Å²) in [4.78, 5) is 16.7. The van der Waals surface area contributed by atoms with E-state index < -0.39 is 0 Å². The van der Waals surface area contributed by atoms with Crippen LogP contribution in [0.25, 0.3) is 22.6 Å². The van der Waals surface area contributed by atoms with Crippen LogP contribution in [0.2, 0.25) is 0 Å². The Hall–Kier alpha value is -2.86. The number of oxazole rings is 1. The molecule has 27 heavy (non-hydrogen) atoms. The van der Waals surface area contributed by atoms with E-state index in [2.05, 4.69) is 52.2 Å². The number of halogens is 1. The third-order valence-corrected chi connectivity index (χ3v) is 4.69. The molecule has 0 atom stereocenters. The summed E-state index contributed by atoms with van der Waals surface area (Å²) in [6, 6.07) is 16.7. The molecule has 5 nitrogen and oxygen atoms in total. The quantitative estimate of drug-likeness (QED) is 0.421. The fraction of sp³-hybridized carbons (Fsp3) is 0.143. The lowest BCUT2D eigenvalue weighted by Gasteiger charge is -2.03.